The van der Waals surface area contributed by atoms with E-state index in [9.17, 15) is 10.1 Å². The molecular formula is C25H16ClN3O. The molecule has 3 aromatic carbocycles. The number of halogens is 1. The van der Waals surface area contributed by atoms with Gasteiger partial charge in [-0.1, -0.05) is 72.3 Å². The summed E-state index contributed by atoms with van der Waals surface area (Å²) >= 11 is 5.91. The lowest BCUT2D eigenvalue weighted by Crippen LogP contribution is -2.15. The Morgan fingerprint density at radius 1 is 0.867 bits per heavy atom. The number of aromatic nitrogens is 1. The van der Waals surface area contributed by atoms with E-state index in [-0.39, 0.29) is 11.7 Å². The molecule has 0 saturated heterocycles. The molecule has 1 heterocycles. The normalized spacial score (nSPS) is 10.3. The van der Waals surface area contributed by atoms with Gasteiger partial charge in [0.1, 0.15) is 11.6 Å². The summed E-state index contributed by atoms with van der Waals surface area (Å²) in [5.74, 6) is -0.141. The van der Waals surface area contributed by atoms with Crippen LogP contribution in [0.1, 0.15) is 15.9 Å². The first-order valence-corrected chi connectivity index (χ1v) is 9.66. The molecule has 0 radical (unpaired) electrons. The molecule has 0 unspecified atom stereocenters. The van der Waals surface area contributed by atoms with E-state index in [2.05, 4.69) is 16.4 Å². The quantitative estimate of drug-likeness (QED) is 0.436. The number of benzene rings is 3. The molecule has 1 N–H and O–H groups in total. The van der Waals surface area contributed by atoms with Crippen LogP contribution in [-0.2, 0) is 0 Å². The fraction of sp³-hybridized carbons (Fsp3) is 0. The molecule has 0 atom stereocenters. The molecule has 0 fully saturated rings. The van der Waals surface area contributed by atoms with Gasteiger partial charge in [0.25, 0.3) is 5.91 Å². The second-order valence-electron chi connectivity index (χ2n) is 6.58. The largest absolute Gasteiger partial charge is 0.305 e. The predicted octanol–water partition coefficient (Wildman–Crippen LogP) is 6.19. The molecule has 1 amide bonds. The standard InChI is InChI=1S/C25H16ClN3O/c26-20-13-11-19(12-14-20)25(30)29-24-22(16-27)21(17-7-3-1-4-8-17)15-23(28-24)18-9-5-2-6-10-18/h1-15H,(H,28,29,30). The molecule has 0 aliphatic carbocycles. The summed E-state index contributed by atoms with van der Waals surface area (Å²) < 4.78 is 0. The molecule has 0 saturated carbocycles. The maximum Gasteiger partial charge on any atom is 0.256 e. The summed E-state index contributed by atoms with van der Waals surface area (Å²) in [5, 5.41) is 13.2. The molecule has 4 rings (SSSR count). The van der Waals surface area contributed by atoms with Crippen molar-refractivity contribution in [2.24, 2.45) is 0 Å². The Bertz CT molecular complexity index is 1230. The highest BCUT2D eigenvalue weighted by atomic mass is 35.5. The minimum Gasteiger partial charge on any atom is -0.305 e. The number of anilines is 1. The third-order valence-corrected chi connectivity index (χ3v) is 4.88. The van der Waals surface area contributed by atoms with Gasteiger partial charge in [-0.3, -0.25) is 4.79 Å². The zero-order chi connectivity index (χ0) is 20.9. The Hall–Kier alpha value is -3.94. The summed E-state index contributed by atoms with van der Waals surface area (Å²) in [6, 6.07) is 29.9. The van der Waals surface area contributed by atoms with E-state index in [4.69, 9.17) is 11.6 Å². The van der Waals surface area contributed by atoms with Crippen molar-refractivity contribution in [1.29, 1.82) is 5.26 Å². The number of rotatable bonds is 4. The fourth-order valence-electron chi connectivity index (χ4n) is 3.13. The molecule has 0 bridgehead atoms. The second kappa shape index (κ2) is 8.60. The Balaban J connectivity index is 1.85. The van der Waals surface area contributed by atoms with E-state index in [0.717, 1.165) is 11.1 Å². The van der Waals surface area contributed by atoms with Gasteiger partial charge in [0.15, 0.2) is 5.82 Å². The first-order valence-electron chi connectivity index (χ1n) is 9.28. The highest BCUT2D eigenvalue weighted by Gasteiger charge is 2.17. The second-order valence-corrected chi connectivity index (χ2v) is 7.02. The third kappa shape index (κ3) is 4.07. The van der Waals surface area contributed by atoms with Gasteiger partial charge in [-0.2, -0.15) is 5.26 Å². The zero-order valence-electron chi connectivity index (χ0n) is 15.8. The molecule has 30 heavy (non-hydrogen) atoms. The molecule has 4 aromatic rings. The van der Waals surface area contributed by atoms with Crippen LogP contribution in [0.3, 0.4) is 0 Å². The lowest BCUT2D eigenvalue weighted by Gasteiger charge is -2.14. The molecular weight excluding hydrogens is 394 g/mol. The highest BCUT2D eigenvalue weighted by Crippen LogP contribution is 2.32. The Morgan fingerprint density at radius 2 is 1.47 bits per heavy atom. The average Bonchev–Trinajstić information content (AvgIpc) is 2.80. The van der Waals surface area contributed by atoms with Crippen LogP contribution >= 0.6 is 11.6 Å². The van der Waals surface area contributed by atoms with Gasteiger partial charge in [-0.05, 0) is 35.9 Å². The van der Waals surface area contributed by atoms with Crippen LogP contribution in [0.5, 0.6) is 0 Å². The van der Waals surface area contributed by atoms with E-state index in [1.807, 2.05) is 66.7 Å². The summed E-state index contributed by atoms with van der Waals surface area (Å²) in [6.07, 6.45) is 0. The van der Waals surface area contributed by atoms with Gasteiger partial charge in [0.05, 0.1) is 5.69 Å². The van der Waals surface area contributed by atoms with Crippen LogP contribution in [0.4, 0.5) is 5.82 Å². The van der Waals surface area contributed by atoms with Crippen molar-refractivity contribution in [2.45, 2.75) is 0 Å². The number of nitrogens with zero attached hydrogens (tertiary/aromatic N) is 2. The fourth-order valence-corrected chi connectivity index (χ4v) is 3.26. The minimum absolute atomic E-state index is 0.220. The van der Waals surface area contributed by atoms with Gasteiger partial charge in [0, 0.05) is 21.7 Å². The first-order chi connectivity index (χ1) is 14.7. The third-order valence-electron chi connectivity index (χ3n) is 4.62. The molecule has 0 aliphatic rings. The van der Waals surface area contributed by atoms with Crippen LogP contribution < -0.4 is 5.32 Å². The number of pyridine rings is 1. The maximum atomic E-state index is 12.8. The number of hydrogen-bond acceptors (Lipinski definition) is 3. The maximum absolute atomic E-state index is 12.8. The predicted molar refractivity (Wildman–Crippen MR) is 119 cm³/mol. The lowest BCUT2D eigenvalue weighted by atomic mass is 9.98. The molecule has 4 nitrogen and oxygen atoms in total. The van der Waals surface area contributed by atoms with E-state index in [1.165, 1.54) is 0 Å². The monoisotopic (exact) mass is 409 g/mol. The molecule has 5 heteroatoms. The van der Waals surface area contributed by atoms with Crippen molar-refractivity contribution in [3.63, 3.8) is 0 Å². The highest BCUT2D eigenvalue weighted by molar-refractivity contribution is 6.30. The van der Waals surface area contributed by atoms with Crippen molar-refractivity contribution in [1.82, 2.24) is 4.98 Å². The Morgan fingerprint density at radius 3 is 2.07 bits per heavy atom. The minimum atomic E-state index is -0.361. The van der Waals surface area contributed by atoms with Gasteiger partial charge in [-0.25, -0.2) is 4.98 Å². The van der Waals surface area contributed by atoms with E-state index < -0.39 is 0 Å². The van der Waals surface area contributed by atoms with Gasteiger partial charge in [0.2, 0.25) is 0 Å². The summed E-state index contributed by atoms with van der Waals surface area (Å²) in [5.41, 5.74) is 3.87. The van der Waals surface area contributed by atoms with Crippen LogP contribution in [0.2, 0.25) is 5.02 Å². The van der Waals surface area contributed by atoms with Gasteiger partial charge >= 0.3 is 0 Å². The van der Waals surface area contributed by atoms with Crippen molar-refractivity contribution in [3.05, 3.63) is 107 Å². The Labute approximate surface area is 179 Å². The van der Waals surface area contributed by atoms with E-state index in [0.29, 0.717) is 27.4 Å². The average molecular weight is 410 g/mol. The number of nitrogens with one attached hydrogen (secondary N) is 1. The molecule has 0 aliphatic heterocycles. The topological polar surface area (TPSA) is 65.8 Å². The van der Waals surface area contributed by atoms with Crippen LogP contribution in [0, 0.1) is 11.3 Å². The van der Waals surface area contributed by atoms with E-state index in [1.54, 1.807) is 24.3 Å². The molecule has 1 aromatic heterocycles. The van der Waals surface area contributed by atoms with Crippen molar-refractivity contribution >= 4 is 23.3 Å². The number of amides is 1. The number of nitriles is 1. The molecule has 144 valence electrons. The van der Waals surface area contributed by atoms with Crippen molar-refractivity contribution in [2.75, 3.05) is 5.32 Å². The lowest BCUT2D eigenvalue weighted by molar-refractivity contribution is 0.102. The molecule has 0 spiro atoms. The number of carbonyl (C=O) groups is 1. The summed E-state index contributed by atoms with van der Waals surface area (Å²) in [7, 11) is 0. The van der Waals surface area contributed by atoms with Crippen molar-refractivity contribution in [3.8, 4) is 28.5 Å². The van der Waals surface area contributed by atoms with E-state index >= 15 is 0 Å². The zero-order valence-corrected chi connectivity index (χ0v) is 16.6. The number of carbonyl (C=O) groups excluding carboxylic acids is 1. The first kappa shape index (κ1) is 19.4. The SMILES string of the molecule is N#Cc1c(-c2ccccc2)cc(-c2ccccc2)nc1NC(=O)c1ccc(Cl)cc1. The van der Waals surface area contributed by atoms with Crippen LogP contribution in [-0.4, -0.2) is 10.9 Å². The number of hydrogen-bond donors (Lipinski definition) is 1. The smallest absolute Gasteiger partial charge is 0.256 e. The van der Waals surface area contributed by atoms with Gasteiger partial charge < -0.3 is 5.32 Å². The summed E-state index contributed by atoms with van der Waals surface area (Å²) in [6.45, 7) is 0. The van der Waals surface area contributed by atoms with Gasteiger partial charge in [-0.15, -0.1) is 0 Å². The Kier molecular flexibility index (Phi) is 5.56. The van der Waals surface area contributed by atoms with Crippen LogP contribution in [0.15, 0.2) is 91.0 Å². The van der Waals surface area contributed by atoms with Crippen molar-refractivity contribution < 1.29 is 4.79 Å². The summed E-state index contributed by atoms with van der Waals surface area (Å²) in [4.78, 5) is 17.4. The van der Waals surface area contributed by atoms with Crippen LogP contribution in [0.25, 0.3) is 22.4 Å².